The molecule has 1 saturated heterocycles. The minimum Gasteiger partial charge on any atom is -0.497 e. The van der Waals surface area contributed by atoms with Gasteiger partial charge in [-0.25, -0.2) is 0 Å². The van der Waals surface area contributed by atoms with Gasteiger partial charge in [0.05, 0.1) is 26.4 Å². The first kappa shape index (κ1) is 25.9. The second-order valence-corrected chi connectivity index (χ2v) is 6.87. The van der Waals surface area contributed by atoms with Crippen LogP contribution in [-0.2, 0) is 9.47 Å². The van der Waals surface area contributed by atoms with Gasteiger partial charge in [-0.05, 0) is 37.0 Å². The fourth-order valence-corrected chi connectivity index (χ4v) is 3.34. The van der Waals surface area contributed by atoms with Gasteiger partial charge in [-0.3, -0.25) is 9.89 Å². The van der Waals surface area contributed by atoms with Crippen LogP contribution in [0.25, 0.3) is 0 Å². The summed E-state index contributed by atoms with van der Waals surface area (Å²) >= 11 is 0. The highest BCUT2D eigenvalue weighted by Crippen LogP contribution is 2.23. The molecule has 1 aromatic rings. The van der Waals surface area contributed by atoms with Crippen LogP contribution in [0.4, 0.5) is 0 Å². The van der Waals surface area contributed by atoms with Crippen molar-refractivity contribution in [2.24, 2.45) is 4.99 Å². The fourth-order valence-electron chi connectivity index (χ4n) is 3.34. The van der Waals surface area contributed by atoms with Crippen LogP contribution in [0.1, 0.15) is 30.9 Å². The quantitative estimate of drug-likeness (QED) is 0.203. The number of ether oxygens (including phenoxy) is 3. The summed E-state index contributed by atoms with van der Waals surface area (Å²) in [5, 5.41) is 6.91. The molecule has 0 amide bonds. The highest BCUT2D eigenvalue weighted by Gasteiger charge is 2.23. The lowest BCUT2D eigenvalue weighted by Gasteiger charge is -2.35. The first-order chi connectivity index (χ1) is 13.8. The largest absolute Gasteiger partial charge is 0.497 e. The van der Waals surface area contributed by atoms with Crippen molar-refractivity contribution < 1.29 is 14.2 Å². The normalized spacial score (nSPS) is 16.0. The minimum absolute atomic E-state index is 0. The third-order valence-corrected chi connectivity index (χ3v) is 4.99. The average molecular weight is 520 g/mol. The maximum absolute atomic E-state index is 5.54. The number of morpholine rings is 1. The smallest absolute Gasteiger partial charge is 0.191 e. The predicted octanol–water partition coefficient (Wildman–Crippen LogP) is 2.67. The SMILES string of the molecule is CN=C(NCCCCCOC)NCC(c1ccc(OC)cc1)N1CCOCC1.I. The monoisotopic (exact) mass is 520 g/mol. The minimum atomic E-state index is 0. The molecule has 1 aliphatic heterocycles. The van der Waals surface area contributed by atoms with Gasteiger partial charge in [0, 0.05) is 46.9 Å². The van der Waals surface area contributed by atoms with Crippen molar-refractivity contribution in [3.63, 3.8) is 0 Å². The molecule has 166 valence electrons. The number of rotatable bonds is 11. The third kappa shape index (κ3) is 9.50. The second kappa shape index (κ2) is 15.7. The number of hydrogen-bond acceptors (Lipinski definition) is 5. The Bertz CT molecular complexity index is 566. The van der Waals surface area contributed by atoms with E-state index in [4.69, 9.17) is 14.2 Å². The van der Waals surface area contributed by atoms with Gasteiger partial charge in [-0.15, -0.1) is 24.0 Å². The molecule has 0 saturated carbocycles. The van der Waals surface area contributed by atoms with E-state index in [-0.39, 0.29) is 30.0 Å². The molecule has 1 atom stereocenters. The lowest BCUT2D eigenvalue weighted by Crippen LogP contribution is -2.46. The molecule has 0 aliphatic carbocycles. The van der Waals surface area contributed by atoms with E-state index in [1.54, 1.807) is 14.2 Å². The molecule has 2 N–H and O–H groups in total. The van der Waals surface area contributed by atoms with Crippen molar-refractivity contribution in [2.45, 2.75) is 25.3 Å². The highest BCUT2D eigenvalue weighted by molar-refractivity contribution is 14.0. The molecule has 1 aliphatic rings. The Morgan fingerprint density at radius 3 is 2.45 bits per heavy atom. The number of hydrogen-bond donors (Lipinski definition) is 2. The van der Waals surface area contributed by atoms with Crippen LogP contribution in [0, 0.1) is 0 Å². The Balaban J connectivity index is 0.00000420. The van der Waals surface area contributed by atoms with Crippen LogP contribution in [0.5, 0.6) is 5.75 Å². The van der Waals surface area contributed by atoms with Crippen LogP contribution in [0.2, 0.25) is 0 Å². The molecule has 0 bridgehead atoms. The standard InChI is InChI=1S/C21H36N4O3.HI/c1-22-21(23-11-5-4-6-14-26-2)24-17-20(25-12-15-28-16-13-25)18-7-9-19(27-3)10-8-18;/h7-10,20H,4-6,11-17H2,1-3H3,(H2,22,23,24);1H. The number of aliphatic imine (C=N–C) groups is 1. The van der Waals surface area contributed by atoms with Crippen molar-refractivity contribution in [3.05, 3.63) is 29.8 Å². The number of benzene rings is 1. The zero-order valence-corrected chi connectivity index (χ0v) is 20.3. The Morgan fingerprint density at radius 1 is 1.10 bits per heavy atom. The van der Waals surface area contributed by atoms with Crippen LogP contribution < -0.4 is 15.4 Å². The van der Waals surface area contributed by atoms with Gasteiger partial charge in [0.15, 0.2) is 5.96 Å². The summed E-state index contributed by atoms with van der Waals surface area (Å²) in [5.74, 6) is 1.72. The van der Waals surface area contributed by atoms with Crippen molar-refractivity contribution in [1.29, 1.82) is 0 Å². The van der Waals surface area contributed by atoms with Gasteiger partial charge in [0.25, 0.3) is 0 Å². The number of nitrogens with one attached hydrogen (secondary N) is 2. The number of guanidine groups is 1. The summed E-state index contributed by atoms with van der Waals surface area (Å²) in [6.07, 6.45) is 3.36. The zero-order valence-electron chi connectivity index (χ0n) is 18.0. The van der Waals surface area contributed by atoms with Crippen LogP contribution in [-0.4, -0.2) is 78.1 Å². The highest BCUT2D eigenvalue weighted by atomic mass is 127. The summed E-state index contributed by atoms with van der Waals surface area (Å²) in [4.78, 5) is 6.84. The van der Waals surface area contributed by atoms with Crippen molar-refractivity contribution >= 4 is 29.9 Å². The molecule has 7 nitrogen and oxygen atoms in total. The lowest BCUT2D eigenvalue weighted by atomic mass is 10.0. The van der Waals surface area contributed by atoms with Gasteiger partial charge < -0.3 is 24.8 Å². The Labute approximate surface area is 192 Å². The first-order valence-electron chi connectivity index (χ1n) is 10.2. The molecule has 1 heterocycles. The van der Waals surface area contributed by atoms with E-state index in [1.165, 1.54) is 5.56 Å². The molecular formula is C21H37IN4O3. The van der Waals surface area contributed by atoms with E-state index in [1.807, 2.05) is 19.2 Å². The van der Waals surface area contributed by atoms with Gasteiger partial charge in [0.1, 0.15) is 5.75 Å². The number of unbranched alkanes of at least 4 members (excludes halogenated alkanes) is 2. The van der Waals surface area contributed by atoms with Crippen LogP contribution >= 0.6 is 24.0 Å². The second-order valence-electron chi connectivity index (χ2n) is 6.87. The molecule has 0 radical (unpaired) electrons. The Kier molecular flexibility index (Phi) is 14.0. The van der Waals surface area contributed by atoms with Gasteiger partial charge >= 0.3 is 0 Å². The summed E-state index contributed by atoms with van der Waals surface area (Å²) < 4.78 is 15.9. The molecule has 2 rings (SSSR count). The molecule has 1 aromatic carbocycles. The maximum atomic E-state index is 5.54. The topological polar surface area (TPSA) is 67.4 Å². The third-order valence-electron chi connectivity index (χ3n) is 4.99. The van der Waals surface area contributed by atoms with Crippen LogP contribution in [0.15, 0.2) is 29.3 Å². The van der Waals surface area contributed by atoms with Crippen LogP contribution in [0.3, 0.4) is 0 Å². The predicted molar refractivity (Wildman–Crippen MR) is 129 cm³/mol. The maximum Gasteiger partial charge on any atom is 0.191 e. The molecular weight excluding hydrogens is 483 g/mol. The Hall–Kier alpha value is -1.10. The fraction of sp³-hybridized carbons (Fsp3) is 0.667. The van der Waals surface area contributed by atoms with E-state index >= 15 is 0 Å². The average Bonchev–Trinajstić information content (AvgIpc) is 2.76. The van der Waals surface area contributed by atoms with Gasteiger partial charge in [0.2, 0.25) is 0 Å². The molecule has 0 aromatic heterocycles. The van der Waals surface area contributed by atoms with E-state index < -0.39 is 0 Å². The number of halogens is 1. The summed E-state index contributed by atoms with van der Waals surface area (Å²) in [6, 6.07) is 8.60. The van der Waals surface area contributed by atoms with E-state index in [0.717, 1.165) is 77.0 Å². The van der Waals surface area contributed by atoms with E-state index in [2.05, 4.69) is 32.7 Å². The zero-order chi connectivity index (χ0) is 20.0. The number of nitrogens with zero attached hydrogens (tertiary/aromatic N) is 2. The molecule has 1 unspecified atom stereocenters. The Morgan fingerprint density at radius 2 is 1.83 bits per heavy atom. The van der Waals surface area contributed by atoms with Gasteiger partial charge in [-0.2, -0.15) is 0 Å². The molecule has 29 heavy (non-hydrogen) atoms. The van der Waals surface area contributed by atoms with E-state index in [0.29, 0.717) is 0 Å². The van der Waals surface area contributed by atoms with Crippen molar-refractivity contribution in [3.8, 4) is 5.75 Å². The molecule has 8 heteroatoms. The number of methoxy groups -OCH3 is 2. The summed E-state index contributed by atoms with van der Waals surface area (Å²) in [6.45, 7) is 5.95. The first-order valence-corrected chi connectivity index (χ1v) is 10.2. The summed E-state index contributed by atoms with van der Waals surface area (Å²) in [5.41, 5.74) is 1.27. The van der Waals surface area contributed by atoms with Gasteiger partial charge in [-0.1, -0.05) is 12.1 Å². The lowest BCUT2D eigenvalue weighted by molar-refractivity contribution is 0.0170. The molecule has 1 fully saturated rings. The summed E-state index contributed by atoms with van der Waals surface area (Å²) in [7, 11) is 5.26. The molecule has 0 spiro atoms. The van der Waals surface area contributed by atoms with Crippen molar-refractivity contribution in [1.82, 2.24) is 15.5 Å². The van der Waals surface area contributed by atoms with Crippen molar-refractivity contribution in [2.75, 3.05) is 67.3 Å². The van der Waals surface area contributed by atoms with E-state index in [9.17, 15) is 0 Å².